The standard InChI is InChI=1S/C28H31F3N4O3/c1-33-16-25(32-18-33)27(37)35(13-19-6-5-9-24(10-19)38-28(29,30)31)23-11-21-14-34(15-22(21)12-23)17-26(36)20-7-3-2-4-8-20/h2-10,16,18,21-23,26,36H,11-15,17H2,1H3/t21-,22+,23?,26?. The quantitative estimate of drug-likeness (QED) is 0.469. The predicted molar refractivity (Wildman–Crippen MR) is 134 cm³/mol. The molecule has 1 N–H and O–H groups in total. The molecule has 7 nitrogen and oxygen atoms in total. The zero-order valence-electron chi connectivity index (χ0n) is 21.1. The van der Waals surface area contributed by atoms with E-state index >= 15 is 0 Å². The van der Waals surface area contributed by atoms with Crippen LogP contribution in [0.4, 0.5) is 13.2 Å². The summed E-state index contributed by atoms with van der Waals surface area (Å²) < 4.78 is 44.1. The number of rotatable bonds is 8. The molecule has 0 spiro atoms. The highest BCUT2D eigenvalue weighted by molar-refractivity contribution is 5.92. The van der Waals surface area contributed by atoms with Gasteiger partial charge in [0.2, 0.25) is 0 Å². The number of carbonyl (C=O) groups excluding carboxylic acids is 1. The van der Waals surface area contributed by atoms with Gasteiger partial charge in [-0.1, -0.05) is 42.5 Å². The Kier molecular flexibility index (Phi) is 7.45. The van der Waals surface area contributed by atoms with Crippen LogP contribution in [-0.4, -0.2) is 62.4 Å². The summed E-state index contributed by atoms with van der Waals surface area (Å²) in [7, 11) is 1.78. The van der Waals surface area contributed by atoms with E-state index in [0.29, 0.717) is 29.6 Å². The van der Waals surface area contributed by atoms with Crippen LogP contribution in [0.1, 0.15) is 40.6 Å². The van der Waals surface area contributed by atoms with Gasteiger partial charge in [0.05, 0.1) is 12.4 Å². The minimum Gasteiger partial charge on any atom is -0.406 e. The summed E-state index contributed by atoms with van der Waals surface area (Å²) in [6.07, 6.45) is -0.548. The molecular formula is C28H31F3N4O3. The zero-order valence-corrected chi connectivity index (χ0v) is 21.1. The fourth-order valence-corrected chi connectivity index (χ4v) is 5.87. The summed E-state index contributed by atoms with van der Waals surface area (Å²) in [6.45, 7) is 2.40. The van der Waals surface area contributed by atoms with Crippen molar-refractivity contribution in [2.24, 2.45) is 18.9 Å². The molecule has 2 heterocycles. The number of nitrogens with zero attached hydrogens (tertiary/aromatic N) is 4. The van der Waals surface area contributed by atoms with Crippen molar-refractivity contribution in [1.82, 2.24) is 19.4 Å². The molecule has 1 saturated heterocycles. The normalized spacial score (nSPS) is 22.3. The number of aliphatic hydroxyl groups is 1. The van der Waals surface area contributed by atoms with Crippen LogP contribution in [0.3, 0.4) is 0 Å². The van der Waals surface area contributed by atoms with Crippen LogP contribution in [0.25, 0.3) is 0 Å². The molecule has 0 radical (unpaired) electrons. The molecule has 1 aliphatic heterocycles. The molecule has 1 amide bonds. The van der Waals surface area contributed by atoms with Gasteiger partial charge in [-0.2, -0.15) is 0 Å². The molecule has 1 aliphatic carbocycles. The summed E-state index contributed by atoms with van der Waals surface area (Å²) in [6, 6.07) is 15.3. The maximum atomic E-state index is 13.5. The van der Waals surface area contributed by atoms with E-state index in [2.05, 4.69) is 14.6 Å². The van der Waals surface area contributed by atoms with E-state index in [9.17, 15) is 23.1 Å². The lowest BCUT2D eigenvalue weighted by atomic mass is 10.0. The number of benzene rings is 2. The van der Waals surface area contributed by atoms with Crippen LogP contribution in [0.15, 0.2) is 67.1 Å². The Morgan fingerprint density at radius 2 is 1.84 bits per heavy atom. The highest BCUT2D eigenvalue weighted by Gasteiger charge is 2.44. The third-order valence-electron chi connectivity index (χ3n) is 7.53. The molecular weight excluding hydrogens is 497 g/mol. The second-order valence-electron chi connectivity index (χ2n) is 10.3. The van der Waals surface area contributed by atoms with Crippen molar-refractivity contribution in [3.63, 3.8) is 0 Å². The van der Waals surface area contributed by atoms with Crippen molar-refractivity contribution in [2.75, 3.05) is 19.6 Å². The second-order valence-corrected chi connectivity index (χ2v) is 10.3. The first-order valence-electron chi connectivity index (χ1n) is 12.7. The molecule has 10 heteroatoms. The van der Waals surface area contributed by atoms with Crippen molar-refractivity contribution in [3.05, 3.63) is 83.9 Å². The van der Waals surface area contributed by atoms with Crippen LogP contribution in [0, 0.1) is 11.8 Å². The average molecular weight is 529 g/mol. The van der Waals surface area contributed by atoms with Gasteiger partial charge in [-0.3, -0.25) is 9.69 Å². The van der Waals surface area contributed by atoms with E-state index < -0.39 is 12.5 Å². The summed E-state index contributed by atoms with van der Waals surface area (Å²) in [5.41, 5.74) is 1.76. The number of imidazole rings is 1. The maximum Gasteiger partial charge on any atom is 0.573 e. The van der Waals surface area contributed by atoms with Gasteiger partial charge in [0.25, 0.3) is 5.91 Å². The Hall–Kier alpha value is -3.37. The fourth-order valence-electron chi connectivity index (χ4n) is 5.87. The lowest BCUT2D eigenvalue weighted by Gasteiger charge is -2.30. The smallest absolute Gasteiger partial charge is 0.406 e. The monoisotopic (exact) mass is 528 g/mol. The average Bonchev–Trinajstić information content (AvgIpc) is 3.57. The summed E-state index contributed by atoms with van der Waals surface area (Å²) in [5.74, 6) is 0.203. The van der Waals surface area contributed by atoms with Crippen LogP contribution < -0.4 is 4.74 Å². The molecule has 4 atom stereocenters. The number of alkyl halides is 3. The number of ether oxygens (including phenoxy) is 1. The number of fused-ring (bicyclic) bond motifs is 1. The Bertz CT molecular complexity index is 1240. The third-order valence-corrected chi connectivity index (χ3v) is 7.53. The highest BCUT2D eigenvalue weighted by atomic mass is 19.4. The molecule has 2 aromatic carbocycles. The SMILES string of the molecule is Cn1cnc(C(=O)N(Cc2cccc(OC(F)(F)F)c2)C2C[C@@H]3CN(CC(O)c4ccccc4)C[C@@H]3C2)c1. The molecule has 2 fully saturated rings. The lowest BCUT2D eigenvalue weighted by Crippen LogP contribution is -2.40. The minimum absolute atomic E-state index is 0.0621. The van der Waals surface area contributed by atoms with E-state index in [1.54, 1.807) is 35.1 Å². The fraction of sp³-hybridized carbons (Fsp3) is 0.429. The molecule has 3 aromatic rings. The number of aliphatic hydroxyl groups excluding tert-OH is 1. The first kappa shape index (κ1) is 26.2. The number of carbonyl (C=O) groups is 1. The summed E-state index contributed by atoms with van der Waals surface area (Å²) in [4.78, 5) is 21.8. The van der Waals surface area contributed by atoms with Crippen LogP contribution in [0.5, 0.6) is 5.75 Å². The highest BCUT2D eigenvalue weighted by Crippen LogP contribution is 2.41. The number of halogens is 3. The van der Waals surface area contributed by atoms with Gasteiger partial charge in [0, 0.05) is 45.5 Å². The van der Waals surface area contributed by atoms with Crippen LogP contribution in [0.2, 0.25) is 0 Å². The van der Waals surface area contributed by atoms with Crippen LogP contribution >= 0.6 is 0 Å². The largest absolute Gasteiger partial charge is 0.573 e. The number of hydrogen-bond donors (Lipinski definition) is 1. The number of amides is 1. The van der Waals surface area contributed by atoms with E-state index in [1.165, 1.54) is 18.2 Å². The van der Waals surface area contributed by atoms with Gasteiger partial charge in [-0.15, -0.1) is 13.2 Å². The van der Waals surface area contributed by atoms with Gasteiger partial charge in [0.1, 0.15) is 11.4 Å². The summed E-state index contributed by atoms with van der Waals surface area (Å²) >= 11 is 0. The Labute approximate surface area is 219 Å². The number of aromatic nitrogens is 2. The van der Waals surface area contributed by atoms with Crippen LogP contribution in [-0.2, 0) is 13.6 Å². The van der Waals surface area contributed by atoms with Gasteiger partial charge >= 0.3 is 6.36 Å². The Morgan fingerprint density at radius 3 is 2.47 bits per heavy atom. The summed E-state index contributed by atoms with van der Waals surface area (Å²) in [5, 5.41) is 10.7. The van der Waals surface area contributed by atoms with Crippen molar-refractivity contribution < 1.29 is 27.8 Å². The Morgan fingerprint density at radius 1 is 1.13 bits per heavy atom. The van der Waals surface area contributed by atoms with Crippen molar-refractivity contribution in [2.45, 2.75) is 37.9 Å². The topological polar surface area (TPSA) is 70.8 Å². The van der Waals surface area contributed by atoms with E-state index in [0.717, 1.165) is 31.5 Å². The van der Waals surface area contributed by atoms with Gasteiger partial charge in [-0.05, 0) is 47.9 Å². The maximum absolute atomic E-state index is 13.5. The Balaban J connectivity index is 1.28. The molecule has 38 heavy (non-hydrogen) atoms. The predicted octanol–water partition coefficient (Wildman–Crippen LogP) is 4.41. The molecule has 2 aliphatic rings. The number of hydrogen-bond acceptors (Lipinski definition) is 5. The number of likely N-dealkylation sites (tertiary alicyclic amines) is 1. The second kappa shape index (κ2) is 10.8. The van der Waals surface area contributed by atoms with Gasteiger partial charge in [0.15, 0.2) is 0 Å². The molecule has 1 saturated carbocycles. The van der Waals surface area contributed by atoms with E-state index in [4.69, 9.17) is 0 Å². The van der Waals surface area contributed by atoms with Crippen molar-refractivity contribution in [1.29, 1.82) is 0 Å². The lowest BCUT2D eigenvalue weighted by molar-refractivity contribution is -0.274. The van der Waals surface area contributed by atoms with Crippen molar-refractivity contribution >= 4 is 5.91 Å². The van der Waals surface area contributed by atoms with Crippen molar-refractivity contribution in [3.8, 4) is 5.75 Å². The molecule has 0 bridgehead atoms. The van der Waals surface area contributed by atoms with Gasteiger partial charge in [-0.25, -0.2) is 4.98 Å². The van der Waals surface area contributed by atoms with Gasteiger partial charge < -0.3 is 19.3 Å². The number of β-amino-alcohol motifs (C(OH)–C–C–N with tert-alkyl or cyclic N) is 1. The molecule has 5 rings (SSSR count). The molecule has 2 unspecified atom stereocenters. The van der Waals surface area contributed by atoms with E-state index in [1.807, 2.05) is 30.3 Å². The number of aryl methyl sites for hydroxylation is 1. The first-order chi connectivity index (χ1) is 18.1. The van der Waals surface area contributed by atoms with E-state index in [-0.39, 0.29) is 24.2 Å². The zero-order chi connectivity index (χ0) is 26.9. The minimum atomic E-state index is -4.79. The third kappa shape index (κ3) is 6.19. The first-order valence-corrected chi connectivity index (χ1v) is 12.7. The molecule has 1 aromatic heterocycles. The molecule has 202 valence electrons.